The van der Waals surface area contributed by atoms with E-state index >= 15 is 0 Å². The Labute approximate surface area is 142 Å². The van der Waals surface area contributed by atoms with E-state index in [1.807, 2.05) is 6.92 Å². The molecule has 0 spiro atoms. The number of nitrogens with zero attached hydrogens (tertiary/aromatic N) is 3. The quantitative estimate of drug-likeness (QED) is 0.716. The van der Waals surface area contributed by atoms with E-state index in [1.165, 1.54) is 23.1 Å². The van der Waals surface area contributed by atoms with Gasteiger partial charge in [-0.05, 0) is 31.2 Å². The number of benzene rings is 1. The highest BCUT2D eigenvalue weighted by molar-refractivity contribution is 6.06. The molecule has 1 aromatic carbocycles. The van der Waals surface area contributed by atoms with Gasteiger partial charge in [0.05, 0.1) is 12.2 Å². The molecule has 1 aliphatic rings. The maximum Gasteiger partial charge on any atom is 0.280 e. The minimum absolute atomic E-state index is 0.177. The van der Waals surface area contributed by atoms with Crippen molar-refractivity contribution in [1.82, 2.24) is 10.1 Å². The van der Waals surface area contributed by atoms with Crippen LogP contribution in [0.1, 0.15) is 17.4 Å². The summed E-state index contributed by atoms with van der Waals surface area (Å²) in [6.07, 6.45) is 3.01. The van der Waals surface area contributed by atoms with Gasteiger partial charge in [-0.15, -0.1) is 0 Å². The van der Waals surface area contributed by atoms with E-state index in [0.29, 0.717) is 23.7 Å². The molecule has 4 rings (SSSR count). The highest BCUT2D eigenvalue weighted by Gasteiger charge is 2.30. The van der Waals surface area contributed by atoms with Crippen molar-refractivity contribution in [3.05, 3.63) is 60.3 Å². The third kappa shape index (κ3) is 2.84. The largest absolute Gasteiger partial charge is 0.487 e. The number of aromatic nitrogens is 2. The fourth-order valence-electron chi connectivity index (χ4n) is 2.77. The summed E-state index contributed by atoms with van der Waals surface area (Å²) in [5, 5.41) is 3.88. The van der Waals surface area contributed by atoms with Gasteiger partial charge in [0.1, 0.15) is 17.7 Å². The molecule has 0 fully saturated rings. The average molecular weight is 339 g/mol. The van der Waals surface area contributed by atoms with Crippen LogP contribution in [0.15, 0.2) is 53.3 Å². The van der Waals surface area contributed by atoms with Gasteiger partial charge in [0.2, 0.25) is 0 Å². The van der Waals surface area contributed by atoms with Crippen LogP contribution < -0.4 is 9.64 Å². The monoisotopic (exact) mass is 339 g/mol. The molecule has 3 aromatic rings. The number of rotatable bonds is 2. The Morgan fingerprint density at radius 3 is 2.84 bits per heavy atom. The minimum atomic E-state index is -0.415. The zero-order valence-electron chi connectivity index (χ0n) is 13.3. The number of fused-ring (bicyclic) bond motifs is 1. The summed E-state index contributed by atoms with van der Waals surface area (Å²) < 4.78 is 24.3. The Morgan fingerprint density at radius 1 is 1.24 bits per heavy atom. The molecular formula is C18H14FN3O3. The number of carbonyl (C=O) groups excluding carboxylic acids is 1. The summed E-state index contributed by atoms with van der Waals surface area (Å²) in [6, 6.07) is 9.22. The van der Waals surface area contributed by atoms with Crippen molar-refractivity contribution in [3.8, 4) is 17.1 Å². The predicted molar refractivity (Wildman–Crippen MR) is 87.9 cm³/mol. The van der Waals surface area contributed by atoms with E-state index < -0.39 is 5.82 Å². The Hall–Kier alpha value is -3.22. The van der Waals surface area contributed by atoms with E-state index in [2.05, 4.69) is 10.1 Å². The number of halogens is 1. The molecule has 7 heteroatoms. The van der Waals surface area contributed by atoms with Gasteiger partial charge < -0.3 is 9.26 Å². The van der Waals surface area contributed by atoms with Crippen molar-refractivity contribution in [3.63, 3.8) is 0 Å². The van der Waals surface area contributed by atoms with Crippen LogP contribution in [-0.4, -0.2) is 28.7 Å². The van der Waals surface area contributed by atoms with E-state index in [9.17, 15) is 9.18 Å². The van der Waals surface area contributed by atoms with Crippen LogP contribution in [0.2, 0.25) is 0 Å². The molecule has 0 radical (unpaired) electrons. The van der Waals surface area contributed by atoms with Crippen molar-refractivity contribution in [2.45, 2.75) is 13.0 Å². The second-order valence-corrected chi connectivity index (χ2v) is 5.77. The Bertz CT molecular complexity index is 926. The molecule has 6 nitrogen and oxygen atoms in total. The van der Waals surface area contributed by atoms with Crippen LogP contribution in [0, 0.1) is 5.82 Å². The van der Waals surface area contributed by atoms with Gasteiger partial charge in [-0.3, -0.25) is 14.7 Å². The Balaban J connectivity index is 1.67. The molecule has 25 heavy (non-hydrogen) atoms. The second kappa shape index (κ2) is 6.01. The first-order chi connectivity index (χ1) is 12.1. The minimum Gasteiger partial charge on any atom is -0.487 e. The zero-order chi connectivity index (χ0) is 17.4. The molecule has 0 N–H and O–H groups in total. The summed E-state index contributed by atoms with van der Waals surface area (Å²) in [7, 11) is 0. The molecule has 126 valence electrons. The van der Waals surface area contributed by atoms with Crippen molar-refractivity contribution < 1.29 is 18.4 Å². The molecule has 0 aliphatic carbocycles. The molecule has 1 aliphatic heterocycles. The van der Waals surface area contributed by atoms with E-state index in [1.54, 1.807) is 30.6 Å². The average Bonchev–Trinajstić information content (AvgIpc) is 3.11. The van der Waals surface area contributed by atoms with Crippen LogP contribution in [0.4, 0.5) is 10.1 Å². The van der Waals surface area contributed by atoms with Gasteiger partial charge >= 0.3 is 0 Å². The van der Waals surface area contributed by atoms with Crippen molar-refractivity contribution >= 4 is 11.6 Å². The van der Waals surface area contributed by atoms with Gasteiger partial charge in [-0.25, -0.2) is 4.39 Å². The summed E-state index contributed by atoms with van der Waals surface area (Å²) >= 11 is 0. The van der Waals surface area contributed by atoms with Gasteiger partial charge in [0.15, 0.2) is 11.5 Å². The zero-order valence-corrected chi connectivity index (χ0v) is 13.3. The summed E-state index contributed by atoms with van der Waals surface area (Å²) in [4.78, 5) is 18.3. The molecule has 0 saturated carbocycles. The molecule has 1 atom stereocenters. The van der Waals surface area contributed by atoms with E-state index in [4.69, 9.17) is 9.26 Å². The molecule has 0 unspecified atom stereocenters. The van der Waals surface area contributed by atoms with E-state index in [0.717, 1.165) is 5.56 Å². The van der Waals surface area contributed by atoms with Crippen LogP contribution in [0.5, 0.6) is 5.75 Å². The lowest BCUT2D eigenvalue weighted by Crippen LogP contribution is -2.42. The number of hydrogen-bond acceptors (Lipinski definition) is 5. The topological polar surface area (TPSA) is 68.5 Å². The maximum atomic E-state index is 13.4. The van der Waals surface area contributed by atoms with Gasteiger partial charge in [0, 0.05) is 30.1 Å². The number of pyridine rings is 1. The highest BCUT2D eigenvalue weighted by atomic mass is 19.1. The fourth-order valence-corrected chi connectivity index (χ4v) is 2.77. The van der Waals surface area contributed by atoms with Crippen LogP contribution in [0.25, 0.3) is 11.3 Å². The van der Waals surface area contributed by atoms with Crippen molar-refractivity contribution in [2.24, 2.45) is 0 Å². The van der Waals surface area contributed by atoms with Gasteiger partial charge in [0.25, 0.3) is 5.91 Å². The summed E-state index contributed by atoms with van der Waals surface area (Å²) in [5.41, 5.74) is 1.47. The third-order valence-electron chi connectivity index (χ3n) is 3.92. The number of amides is 1. The molecular weight excluding hydrogens is 325 g/mol. The van der Waals surface area contributed by atoms with Crippen LogP contribution >= 0.6 is 0 Å². The Morgan fingerprint density at radius 2 is 2.04 bits per heavy atom. The van der Waals surface area contributed by atoms with Crippen LogP contribution in [-0.2, 0) is 0 Å². The molecule has 3 heterocycles. The first-order valence-electron chi connectivity index (χ1n) is 7.77. The number of carbonyl (C=O) groups is 1. The first kappa shape index (κ1) is 15.3. The summed E-state index contributed by atoms with van der Waals surface area (Å²) in [5.74, 6) is 0.0741. The normalized spacial score (nSPS) is 16.2. The first-order valence-corrected chi connectivity index (χ1v) is 7.77. The SMILES string of the molecule is C[C@@H]1CN(C(=O)c2cc(-c3ccncc3)on2)c2ccc(F)cc2O1. The Kier molecular flexibility index (Phi) is 3.68. The highest BCUT2D eigenvalue weighted by Crippen LogP contribution is 2.35. The van der Waals surface area contributed by atoms with Crippen molar-refractivity contribution in [2.75, 3.05) is 11.4 Å². The number of hydrogen-bond donors (Lipinski definition) is 0. The third-order valence-corrected chi connectivity index (χ3v) is 3.92. The van der Waals surface area contributed by atoms with Crippen molar-refractivity contribution in [1.29, 1.82) is 0 Å². The summed E-state index contributed by atoms with van der Waals surface area (Å²) in [6.45, 7) is 2.16. The molecule has 0 saturated heterocycles. The maximum absolute atomic E-state index is 13.4. The van der Waals surface area contributed by atoms with E-state index in [-0.39, 0.29) is 17.7 Å². The standard InChI is InChI=1S/C18H14FN3O3/c1-11-10-22(15-3-2-13(19)8-17(15)24-11)18(23)14-9-16(25-21-14)12-4-6-20-7-5-12/h2-9,11H,10H2,1H3/t11-/m1/s1. The number of ether oxygens (including phenoxy) is 1. The predicted octanol–water partition coefficient (Wildman–Crippen LogP) is 3.30. The van der Waals surface area contributed by atoms with Crippen LogP contribution in [0.3, 0.4) is 0 Å². The number of anilines is 1. The van der Waals surface area contributed by atoms with Gasteiger partial charge in [-0.2, -0.15) is 0 Å². The lowest BCUT2D eigenvalue weighted by molar-refractivity contribution is 0.0952. The molecule has 0 bridgehead atoms. The molecule has 2 aromatic heterocycles. The van der Waals surface area contributed by atoms with Gasteiger partial charge in [-0.1, -0.05) is 5.16 Å². The molecule has 1 amide bonds. The lowest BCUT2D eigenvalue weighted by Gasteiger charge is -2.32. The smallest absolute Gasteiger partial charge is 0.280 e. The fraction of sp³-hybridized carbons (Fsp3) is 0.167. The lowest BCUT2D eigenvalue weighted by atomic mass is 10.1. The second-order valence-electron chi connectivity index (χ2n) is 5.77.